The van der Waals surface area contributed by atoms with E-state index in [1.165, 1.54) is 0 Å². The molecule has 1 rings (SSSR count). The van der Waals surface area contributed by atoms with Crippen LogP contribution in [-0.2, 0) is 57.2 Å². The summed E-state index contributed by atoms with van der Waals surface area (Å²) in [6.07, 6.45) is -0.417. The van der Waals surface area contributed by atoms with Gasteiger partial charge in [0, 0.05) is 11.8 Å². The Labute approximate surface area is 163 Å². The van der Waals surface area contributed by atoms with E-state index in [9.17, 15) is 33.7 Å². The summed E-state index contributed by atoms with van der Waals surface area (Å²) in [6.45, 7) is 0. The highest BCUT2D eigenvalue weighted by Gasteiger charge is 2.27. The van der Waals surface area contributed by atoms with Crippen LogP contribution in [0.4, 0.5) is 0 Å². The Morgan fingerprint density at radius 3 is 1.29 bits per heavy atom. The number of hydrogen-bond acceptors (Lipinski definition) is 13. The fraction of sp³-hybridized carbons (Fsp3) is 0.545. The third-order valence-corrected chi connectivity index (χ3v) is 4.47. The van der Waals surface area contributed by atoms with E-state index in [0.29, 0.717) is 25.0 Å². The summed E-state index contributed by atoms with van der Waals surface area (Å²) in [5.74, 6) is 0. The van der Waals surface area contributed by atoms with Crippen LogP contribution in [0.15, 0.2) is 18.3 Å². The first-order chi connectivity index (χ1) is 12.3. The predicted octanol–water partition coefficient (Wildman–Crippen LogP) is -1.02. The summed E-state index contributed by atoms with van der Waals surface area (Å²) in [5, 5.41) is 0. The summed E-state index contributed by atoms with van der Waals surface area (Å²) >= 11 is 0. The Morgan fingerprint density at radius 1 is 0.643 bits per heavy atom. The van der Waals surface area contributed by atoms with E-state index in [1.807, 2.05) is 0 Å². The van der Waals surface area contributed by atoms with Gasteiger partial charge in [0.25, 0.3) is 40.5 Å². The van der Waals surface area contributed by atoms with Gasteiger partial charge in [-0.3, -0.25) is 4.98 Å². The second-order valence-electron chi connectivity index (χ2n) is 5.38. The van der Waals surface area contributed by atoms with Gasteiger partial charge in [-0.2, -0.15) is 33.7 Å². The standard InChI is InChI=1S/C11H17NO12S4/c1-25(13,14)21-10(22-26(2,15)16)8-5-6-9(12-7-8)11(23-27(3,17)18)24-28(4,19)20/h5-7,10-11H,1-4H3. The first-order valence-corrected chi connectivity index (χ1v) is 14.1. The second-order valence-corrected chi connectivity index (χ2v) is 11.8. The number of nitrogens with zero attached hydrogens (tertiary/aromatic N) is 1. The average molecular weight is 484 g/mol. The molecule has 1 aromatic rings. The van der Waals surface area contributed by atoms with Gasteiger partial charge in [-0.25, -0.2) is 16.7 Å². The minimum absolute atomic E-state index is 0.197. The van der Waals surface area contributed by atoms with Crippen LogP contribution in [0.25, 0.3) is 0 Å². The maximum absolute atomic E-state index is 11.3. The molecule has 0 atom stereocenters. The lowest BCUT2D eigenvalue weighted by Gasteiger charge is -2.18. The molecule has 0 saturated heterocycles. The van der Waals surface area contributed by atoms with Crippen molar-refractivity contribution in [3.05, 3.63) is 29.6 Å². The van der Waals surface area contributed by atoms with Gasteiger partial charge in [-0.1, -0.05) is 6.07 Å². The molecule has 1 heterocycles. The molecular formula is C11H17NO12S4. The van der Waals surface area contributed by atoms with E-state index in [1.54, 1.807) is 0 Å². The van der Waals surface area contributed by atoms with Gasteiger partial charge >= 0.3 is 0 Å². The first-order valence-electron chi connectivity index (χ1n) is 6.83. The Kier molecular flexibility index (Phi) is 7.68. The van der Waals surface area contributed by atoms with Crippen molar-refractivity contribution in [2.75, 3.05) is 25.0 Å². The third-order valence-electron chi connectivity index (χ3n) is 2.37. The average Bonchev–Trinajstić information content (AvgIpc) is 2.40. The zero-order valence-electron chi connectivity index (χ0n) is 14.9. The molecule has 0 radical (unpaired) electrons. The monoisotopic (exact) mass is 483 g/mol. The maximum Gasteiger partial charge on any atom is 0.267 e. The van der Waals surface area contributed by atoms with Crippen molar-refractivity contribution < 1.29 is 50.4 Å². The van der Waals surface area contributed by atoms with Crippen molar-refractivity contribution in [1.29, 1.82) is 0 Å². The molecule has 0 aromatic carbocycles. The number of aromatic nitrogens is 1. The largest absolute Gasteiger partial charge is 0.267 e. The Hall–Kier alpha value is -1.21. The lowest BCUT2D eigenvalue weighted by atomic mass is 10.2. The van der Waals surface area contributed by atoms with Gasteiger partial charge < -0.3 is 0 Å². The molecule has 162 valence electrons. The zero-order chi connectivity index (χ0) is 22.0. The third kappa shape index (κ3) is 10.4. The lowest BCUT2D eigenvalue weighted by molar-refractivity contribution is 0.0104. The summed E-state index contributed by atoms with van der Waals surface area (Å²) in [6, 6.07) is 2.05. The molecule has 28 heavy (non-hydrogen) atoms. The van der Waals surface area contributed by atoms with Crippen LogP contribution < -0.4 is 0 Å². The molecule has 0 unspecified atom stereocenters. The molecule has 0 fully saturated rings. The summed E-state index contributed by atoms with van der Waals surface area (Å²) < 4.78 is 108. The smallest absolute Gasteiger partial charge is 0.255 e. The Morgan fingerprint density at radius 2 is 1.00 bits per heavy atom. The summed E-state index contributed by atoms with van der Waals surface area (Å²) in [5.41, 5.74) is -0.533. The van der Waals surface area contributed by atoms with Gasteiger partial charge in [0.05, 0.1) is 30.7 Å². The molecular weight excluding hydrogens is 466 g/mol. The van der Waals surface area contributed by atoms with Gasteiger partial charge in [0.1, 0.15) is 0 Å². The van der Waals surface area contributed by atoms with Gasteiger partial charge in [-0.15, -0.1) is 0 Å². The number of pyridine rings is 1. The van der Waals surface area contributed by atoms with Crippen molar-refractivity contribution in [2.45, 2.75) is 12.6 Å². The molecule has 13 nitrogen and oxygen atoms in total. The minimum Gasteiger partial charge on any atom is -0.255 e. The van der Waals surface area contributed by atoms with Gasteiger partial charge in [0.2, 0.25) is 12.6 Å². The van der Waals surface area contributed by atoms with E-state index in [2.05, 4.69) is 21.7 Å². The molecule has 0 saturated carbocycles. The molecule has 0 aliphatic heterocycles. The highest BCUT2D eigenvalue weighted by Crippen LogP contribution is 2.26. The van der Waals surface area contributed by atoms with Crippen LogP contribution >= 0.6 is 0 Å². The molecule has 0 amide bonds. The molecule has 17 heteroatoms. The molecule has 0 bridgehead atoms. The van der Waals surface area contributed by atoms with Crippen LogP contribution in [0.1, 0.15) is 23.8 Å². The Bertz CT molecular complexity index is 946. The topological polar surface area (TPSA) is 186 Å². The van der Waals surface area contributed by atoms with Gasteiger partial charge in [0.15, 0.2) is 0 Å². The van der Waals surface area contributed by atoms with Crippen LogP contribution in [0.3, 0.4) is 0 Å². The highest BCUT2D eigenvalue weighted by molar-refractivity contribution is 7.87. The Balaban J connectivity index is 3.28. The van der Waals surface area contributed by atoms with E-state index < -0.39 is 53.1 Å². The van der Waals surface area contributed by atoms with E-state index in [4.69, 9.17) is 0 Å². The quantitative estimate of drug-likeness (QED) is 0.291. The number of hydrogen-bond donors (Lipinski definition) is 0. The fourth-order valence-electron chi connectivity index (χ4n) is 1.57. The minimum atomic E-state index is -4.16. The maximum atomic E-state index is 11.3. The number of rotatable bonds is 10. The van der Waals surface area contributed by atoms with Crippen LogP contribution in [0.2, 0.25) is 0 Å². The molecule has 0 aliphatic carbocycles. The predicted molar refractivity (Wildman–Crippen MR) is 93.4 cm³/mol. The zero-order valence-corrected chi connectivity index (χ0v) is 18.1. The van der Waals surface area contributed by atoms with E-state index in [0.717, 1.165) is 18.3 Å². The molecule has 0 N–H and O–H groups in total. The van der Waals surface area contributed by atoms with Crippen molar-refractivity contribution in [1.82, 2.24) is 4.98 Å². The van der Waals surface area contributed by atoms with Crippen LogP contribution in [-0.4, -0.2) is 63.7 Å². The molecule has 0 spiro atoms. The van der Waals surface area contributed by atoms with Gasteiger partial charge in [-0.05, 0) is 6.07 Å². The molecule has 1 aromatic heterocycles. The molecule has 0 aliphatic rings. The van der Waals surface area contributed by atoms with E-state index >= 15 is 0 Å². The first kappa shape index (κ1) is 24.8. The highest BCUT2D eigenvalue weighted by atomic mass is 32.2. The summed E-state index contributed by atoms with van der Waals surface area (Å²) in [7, 11) is -16.6. The normalized spacial score (nSPS) is 13.9. The second kappa shape index (κ2) is 8.66. The van der Waals surface area contributed by atoms with Crippen LogP contribution in [0.5, 0.6) is 0 Å². The van der Waals surface area contributed by atoms with Crippen molar-refractivity contribution in [2.24, 2.45) is 0 Å². The van der Waals surface area contributed by atoms with Crippen molar-refractivity contribution >= 4 is 40.5 Å². The SMILES string of the molecule is CS(=O)(=O)OC(OS(C)(=O)=O)c1ccc(C(OS(C)(=O)=O)OS(C)(=O)=O)nc1. The lowest BCUT2D eigenvalue weighted by Crippen LogP contribution is -2.19. The van der Waals surface area contributed by atoms with Crippen LogP contribution in [0, 0.1) is 0 Å². The summed E-state index contributed by atoms with van der Waals surface area (Å²) in [4.78, 5) is 3.70. The fourth-order valence-corrected chi connectivity index (χ4v) is 3.52. The van der Waals surface area contributed by atoms with Crippen molar-refractivity contribution in [3.63, 3.8) is 0 Å². The van der Waals surface area contributed by atoms with Crippen molar-refractivity contribution in [3.8, 4) is 0 Å². The van der Waals surface area contributed by atoms with E-state index in [-0.39, 0.29) is 11.3 Å².